The standard InChI is InChI=1S/C15H12N2O3/c18-13-11-8-4-5-9-12(11)16-15(17-13,14(19)20)10-6-2-1-3-7-10/h1-9,16H,(H,17,18)(H,19,20)/p-1/t15-/m0/s1. The largest absolute Gasteiger partial charge is 0.545 e. The van der Waals surface area contributed by atoms with Crippen LogP contribution in [0.1, 0.15) is 15.9 Å². The highest BCUT2D eigenvalue weighted by Crippen LogP contribution is 2.30. The van der Waals surface area contributed by atoms with Crippen molar-refractivity contribution in [3.05, 3.63) is 65.7 Å². The summed E-state index contributed by atoms with van der Waals surface area (Å²) >= 11 is 0. The van der Waals surface area contributed by atoms with Gasteiger partial charge in [-0.05, 0) is 12.1 Å². The Labute approximate surface area is 115 Å². The van der Waals surface area contributed by atoms with Crippen molar-refractivity contribution < 1.29 is 14.7 Å². The summed E-state index contributed by atoms with van der Waals surface area (Å²) in [5, 5.41) is 17.0. The van der Waals surface area contributed by atoms with Crippen molar-refractivity contribution in [1.29, 1.82) is 0 Å². The molecule has 1 atom stereocenters. The monoisotopic (exact) mass is 267 g/mol. The summed E-state index contributed by atoms with van der Waals surface area (Å²) in [7, 11) is 0. The number of amides is 1. The van der Waals surface area contributed by atoms with Gasteiger partial charge in [-0.2, -0.15) is 0 Å². The van der Waals surface area contributed by atoms with Crippen molar-refractivity contribution >= 4 is 17.6 Å². The first-order valence-corrected chi connectivity index (χ1v) is 6.10. The lowest BCUT2D eigenvalue weighted by Gasteiger charge is -2.41. The maximum absolute atomic E-state index is 12.1. The number of benzene rings is 2. The maximum atomic E-state index is 12.1. The van der Waals surface area contributed by atoms with Crippen LogP contribution < -0.4 is 15.7 Å². The fourth-order valence-corrected chi connectivity index (χ4v) is 2.31. The Morgan fingerprint density at radius 1 is 0.950 bits per heavy atom. The van der Waals surface area contributed by atoms with Crippen molar-refractivity contribution in [1.82, 2.24) is 5.32 Å². The van der Waals surface area contributed by atoms with E-state index in [1.165, 1.54) is 0 Å². The molecule has 2 N–H and O–H groups in total. The summed E-state index contributed by atoms with van der Waals surface area (Å²) in [5.41, 5.74) is -0.486. The van der Waals surface area contributed by atoms with Crippen LogP contribution in [0.4, 0.5) is 5.69 Å². The molecule has 0 radical (unpaired) electrons. The Kier molecular flexibility index (Phi) is 2.68. The highest BCUT2D eigenvalue weighted by molar-refractivity contribution is 6.06. The normalized spacial score (nSPS) is 20.5. The molecule has 1 amide bonds. The molecule has 1 aliphatic rings. The second-order valence-electron chi connectivity index (χ2n) is 4.53. The van der Waals surface area contributed by atoms with E-state index < -0.39 is 17.5 Å². The molecule has 0 aromatic heterocycles. The van der Waals surface area contributed by atoms with Gasteiger partial charge in [0.2, 0.25) is 0 Å². The summed E-state index contributed by atoms with van der Waals surface area (Å²) in [6.07, 6.45) is 0. The lowest BCUT2D eigenvalue weighted by Crippen LogP contribution is -2.64. The molecule has 2 aromatic carbocycles. The zero-order valence-corrected chi connectivity index (χ0v) is 10.4. The van der Waals surface area contributed by atoms with Gasteiger partial charge in [0.15, 0.2) is 5.66 Å². The second-order valence-corrected chi connectivity index (χ2v) is 4.53. The highest BCUT2D eigenvalue weighted by atomic mass is 16.4. The van der Waals surface area contributed by atoms with Crippen LogP contribution in [0.2, 0.25) is 0 Å². The van der Waals surface area contributed by atoms with E-state index in [2.05, 4.69) is 10.6 Å². The SMILES string of the molecule is O=C1N[C@](C(=O)[O-])(c2ccccc2)Nc2ccccc21. The third-order valence-corrected chi connectivity index (χ3v) is 3.31. The topological polar surface area (TPSA) is 81.3 Å². The van der Waals surface area contributed by atoms with Crippen LogP contribution in [0.5, 0.6) is 0 Å². The zero-order valence-electron chi connectivity index (χ0n) is 10.4. The number of fused-ring (bicyclic) bond motifs is 1. The molecule has 1 heterocycles. The Bertz CT molecular complexity index is 685. The van der Waals surface area contributed by atoms with E-state index in [1.807, 2.05) is 0 Å². The van der Waals surface area contributed by atoms with E-state index in [0.29, 0.717) is 16.8 Å². The third-order valence-electron chi connectivity index (χ3n) is 3.31. The summed E-state index contributed by atoms with van der Waals surface area (Å²) < 4.78 is 0. The average molecular weight is 267 g/mol. The number of hydrogen-bond acceptors (Lipinski definition) is 4. The van der Waals surface area contributed by atoms with E-state index in [-0.39, 0.29) is 0 Å². The number of hydrogen-bond donors (Lipinski definition) is 2. The number of nitrogens with one attached hydrogen (secondary N) is 2. The zero-order chi connectivity index (χ0) is 14.2. The average Bonchev–Trinajstić information content (AvgIpc) is 2.48. The van der Waals surface area contributed by atoms with Gasteiger partial charge in [-0.25, -0.2) is 0 Å². The lowest BCUT2D eigenvalue weighted by atomic mass is 9.94. The molecular weight excluding hydrogens is 256 g/mol. The van der Waals surface area contributed by atoms with Gasteiger partial charge in [0.1, 0.15) is 0 Å². The van der Waals surface area contributed by atoms with Crippen LogP contribution in [0.3, 0.4) is 0 Å². The molecular formula is C15H11N2O3-. The van der Waals surface area contributed by atoms with Gasteiger partial charge in [0.05, 0.1) is 11.5 Å². The Morgan fingerprint density at radius 2 is 1.60 bits per heavy atom. The molecule has 3 rings (SSSR count). The number of rotatable bonds is 2. The predicted molar refractivity (Wildman–Crippen MR) is 70.7 cm³/mol. The summed E-state index contributed by atoms with van der Waals surface area (Å²) in [6.45, 7) is 0. The Hall–Kier alpha value is -2.82. The first-order valence-electron chi connectivity index (χ1n) is 6.10. The molecule has 0 unspecified atom stereocenters. The van der Waals surface area contributed by atoms with E-state index >= 15 is 0 Å². The van der Waals surface area contributed by atoms with E-state index in [1.54, 1.807) is 54.6 Å². The summed E-state index contributed by atoms with van der Waals surface area (Å²) in [4.78, 5) is 23.8. The van der Waals surface area contributed by atoms with Crippen LogP contribution in [-0.4, -0.2) is 11.9 Å². The number of carboxylic acids is 1. The molecule has 0 saturated carbocycles. The number of aliphatic carboxylic acids is 1. The van der Waals surface area contributed by atoms with Crippen LogP contribution in [0.25, 0.3) is 0 Å². The van der Waals surface area contributed by atoms with Crippen LogP contribution in [0.15, 0.2) is 54.6 Å². The predicted octanol–water partition coefficient (Wildman–Crippen LogP) is 0.445. The summed E-state index contributed by atoms with van der Waals surface area (Å²) in [5.74, 6) is -1.86. The fraction of sp³-hybridized carbons (Fsp3) is 0.0667. The molecule has 0 spiro atoms. The number of carboxylic acid groups (broad SMARTS) is 1. The van der Waals surface area contributed by atoms with Crippen molar-refractivity contribution in [2.75, 3.05) is 5.32 Å². The van der Waals surface area contributed by atoms with E-state index in [9.17, 15) is 14.7 Å². The molecule has 0 aliphatic carbocycles. The van der Waals surface area contributed by atoms with Gasteiger partial charge >= 0.3 is 0 Å². The smallest absolute Gasteiger partial charge is 0.255 e. The highest BCUT2D eigenvalue weighted by Gasteiger charge is 2.40. The minimum atomic E-state index is -1.76. The first kappa shape index (κ1) is 12.2. The summed E-state index contributed by atoms with van der Waals surface area (Å²) in [6, 6.07) is 15.2. The molecule has 0 saturated heterocycles. The molecule has 0 fully saturated rings. The molecule has 5 nitrogen and oxygen atoms in total. The molecule has 2 aromatic rings. The fourth-order valence-electron chi connectivity index (χ4n) is 2.31. The molecule has 100 valence electrons. The minimum absolute atomic E-state index is 0.403. The van der Waals surface area contributed by atoms with Crippen molar-refractivity contribution in [2.45, 2.75) is 5.66 Å². The molecule has 0 bridgehead atoms. The Morgan fingerprint density at radius 3 is 2.30 bits per heavy atom. The van der Waals surface area contributed by atoms with Gasteiger partial charge < -0.3 is 20.5 Å². The third kappa shape index (κ3) is 1.72. The minimum Gasteiger partial charge on any atom is -0.545 e. The van der Waals surface area contributed by atoms with Crippen molar-refractivity contribution in [2.24, 2.45) is 0 Å². The van der Waals surface area contributed by atoms with Gasteiger partial charge in [0, 0.05) is 11.3 Å². The quantitative estimate of drug-likeness (QED) is 0.827. The van der Waals surface area contributed by atoms with Crippen molar-refractivity contribution in [3.63, 3.8) is 0 Å². The van der Waals surface area contributed by atoms with E-state index in [0.717, 1.165) is 0 Å². The number of carbonyl (C=O) groups excluding carboxylic acids is 2. The van der Waals surface area contributed by atoms with Crippen LogP contribution in [0, 0.1) is 0 Å². The second kappa shape index (κ2) is 4.38. The first-order chi connectivity index (χ1) is 9.63. The van der Waals surface area contributed by atoms with Gasteiger partial charge in [-0.1, -0.05) is 42.5 Å². The number of carbonyl (C=O) groups is 2. The van der Waals surface area contributed by atoms with Gasteiger partial charge in [-0.15, -0.1) is 0 Å². The van der Waals surface area contributed by atoms with Gasteiger partial charge in [0.25, 0.3) is 5.91 Å². The molecule has 20 heavy (non-hydrogen) atoms. The lowest BCUT2D eigenvalue weighted by molar-refractivity contribution is -0.313. The number of para-hydroxylation sites is 1. The molecule has 1 aliphatic heterocycles. The maximum Gasteiger partial charge on any atom is 0.255 e. The van der Waals surface area contributed by atoms with Crippen LogP contribution >= 0.6 is 0 Å². The molecule has 5 heteroatoms. The Balaban J connectivity index is 2.16. The van der Waals surface area contributed by atoms with Crippen LogP contribution in [-0.2, 0) is 10.5 Å². The van der Waals surface area contributed by atoms with Crippen molar-refractivity contribution in [3.8, 4) is 0 Å². The van der Waals surface area contributed by atoms with Gasteiger partial charge in [-0.3, -0.25) is 4.79 Å². The van der Waals surface area contributed by atoms with E-state index in [4.69, 9.17) is 0 Å². The number of anilines is 1.